The van der Waals surface area contributed by atoms with Crippen molar-refractivity contribution in [2.75, 3.05) is 40.8 Å². The van der Waals surface area contributed by atoms with E-state index in [9.17, 15) is 5.11 Å². The third-order valence-electron chi connectivity index (χ3n) is 4.25. The highest BCUT2D eigenvalue weighted by molar-refractivity contribution is 4.90. The van der Waals surface area contributed by atoms with Gasteiger partial charge >= 0.3 is 0 Å². The zero-order valence-electron chi connectivity index (χ0n) is 12.0. The maximum absolute atomic E-state index is 9.43. The minimum absolute atomic E-state index is 0.157. The van der Waals surface area contributed by atoms with Crippen LogP contribution in [0.1, 0.15) is 26.7 Å². The van der Waals surface area contributed by atoms with Gasteiger partial charge in [0.1, 0.15) is 0 Å². The summed E-state index contributed by atoms with van der Waals surface area (Å²) in [6.45, 7) is 6.87. The Balaban J connectivity index is 2.46. The van der Waals surface area contributed by atoms with Gasteiger partial charge in [-0.2, -0.15) is 0 Å². The highest BCUT2D eigenvalue weighted by atomic mass is 16.3. The first kappa shape index (κ1) is 14.9. The number of likely N-dealkylation sites (N-methyl/N-ethyl adjacent to an activating group) is 2. The van der Waals surface area contributed by atoms with Crippen molar-refractivity contribution in [3.8, 4) is 0 Å². The zero-order valence-corrected chi connectivity index (χ0v) is 12.0. The maximum Gasteiger partial charge on any atom is 0.0611 e. The Labute approximate surface area is 106 Å². The van der Waals surface area contributed by atoms with E-state index in [-0.39, 0.29) is 12.1 Å². The van der Waals surface area contributed by atoms with Crippen LogP contribution in [0.4, 0.5) is 0 Å². The number of nitrogens with zero attached hydrogens (tertiary/aromatic N) is 2. The monoisotopic (exact) mass is 243 g/mol. The van der Waals surface area contributed by atoms with Gasteiger partial charge in [0.05, 0.1) is 6.61 Å². The van der Waals surface area contributed by atoms with Crippen LogP contribution in [0.2, 0.25) is 0 Å². The third-order valence-corrected chi connectivity index (χ3v) is 4.25. The predicted octanol–water partition coefficient (Wildman–Crippen LogP) is 0.371. The van der Waals surface area contributed by atoms with E-state index in [1.165, 1.54) is 13.0 Å². The largest absolute Gasteiger partial charge is 0.394 e. The summed E-state index contributed by atoms with van der Waals surface area (Å²) in [7, 11) is 6.24. The average molecular weight is 243 g/mol. The second kappa shape index (κ2) is 6.14. The van der Waals surface area contributed by atoms with Crippen molar-refractivity contribution < 1.29 is 5.11 Å². The summed E-state index contributed by atoms with van der Waals surface area (Å²) >= 11 is 0. The molecule has 4 nitrogen and oxygen atoms in total. The lowest BCUT2D eigenvalue weighted by molar-refractivity contribution is 0.128. The molecule has 0 amide bonds. The topological polar surface area (TPSA) is 38.7 Å². The van der Waals surface area contributed by atoms with Crippen LogP contribution in [-0.2, 0) is 0 Å². The minimum Gasteiger partial charge on any atom is -0.394 e. The van der Waals surface area contributed by atoms with Crippen LogP contribution >= 0.6 is 0 Å². The Morgan fingerprint density at radius 1 is 1.53 bits per heavy atom. The van der Waals surface area contributed by atoms with Crippen LogP contribution in [0.15, 0.2) is 0 Å². The van der Waals surface area contributed by atoms with Crippen LogP contribution in [-0.4, -0.2) is 73.4 Å². The fraction of sp³-hybridized carbons (Fsp3) is 1.00. The van der Waals surface area contributed by atoms with Crippen molar-refractivity contribution in [2.45, 2.75) is 44.3 Å². The van der Waals surface area contributed by atoms with E-state index in [1.54, 1.807) is 0 Å². The van der Waals surface area contributed by atoms with Crippen molar-refractivity contribution in [3.05, 3.63) is 0 Å². The first-order valence-corrected chi connectivity index (χ1v) is 6.62. The van der Waals surface area contributed by atoms with Gasteiger partial charge in [-0.3, -0.25) is 4.90 Å². The minimum atomic E-state index is -0.157. The fourth-order valence-corrected chi connectivity index (χ4v) is 2.62. The van der Waals surface area contributed by atoms with E-state index in [0.29, 0.717) is 12.1 Å². The highest BCUT2D eigenvalue weighted by Crippen LogP contribution is 2.21. The molecule has 1 aliphatic rings. The first-order valence-electron chi connectivity index (χ1n) is 6.62. The highest BCUT2D eigenvalue weighted by Gasteiger charge is 2.31. The summed E-state index contributed by atoms with van der Waals surface area (Å²) in [6, 6.07) is 1.21. The molecular weight excluding hydrogens is 214 g/mol. The van der Waals surface area contributed by atoms with Crippen LogP contribution in [0.25, 0.3) is 0 Å². The summed E-state index contributed by atoms with van der Waals surface area (Å²) < 4.78 is 0. The van der Waals surface area contributed by atoms with Crippen LogP contribution in [0.3, 0.4) is 0 Å². The number of likely N-dealkylation sites (tertiary alicyclic amines) is 1. The third kappa shape index (κ3) is 3.91. The lowest BCUT2D eigenvalue weighted by Gasteiger charge is -2.34. The molecule has 1 heterocycles. The van der Waals surface area contributed by atoms with E-state index in [4.69, 9.17) is 0 Å². The van der Waals surface area contributed by atoms with Crippen molar-refractivity contribution in [1.82, 2.24) is 15.1 Å². The number of hydrogen-bond acceptors (Lipinski definition) is 4. The van der Waals surface area contributed by atoms with Crippen molar-refractivity contribution >= 4 is 0 Å². The lowest BCUT2D eigenvalue weighted by atomic mass is 9.94. The molecule has 3 atom stereocenters. The van der Waals surface area contributed by atoms with Gasteiger partial charge in [-0.25, -0.2) is 0 Å². The van der Waals surface area contributed by atoms with Gasteiger partial charge in [0.2, 0.25) is 0 Å². The molecule has 102 valence electrons. The Morgan fingerprint density at radius 2 is 2.18 bits per heavy atom. The molecule has 0 aromatic rings. The van der Waals surface area contributed by atoms with Gasteiger partial charge in [0.15, 0.2) is 0 Å². The van der Waals surface area contributed by atoms with Gasteiger partial charge < -0.3 is 15.3 Å². The van der Waals surface area contributed by atoms with E-state index >= 15 is 0 Å². The molecule has 0 radical (unpaired) electrons. The van der Waals surface area contributed by atoms with Gasteiger partial charge in [0.25, 0.3) is 0 Å². The molecule has 1 aliphatic heterocycles. The molecule has 0 aromatic carbocycles. The Morgan fingerprint density at radius 3 is 2.59 bits per heavy atom. The van der Waals surface area contributed by atoms with Gasteiger partial charge in [-0.15, -0.1) is 0 Å². The number of aliphatic hydroxyl groups excluding tert-OH is 1. The Kier molecular flexibility index (Phi) is 5.38. The molecule has 0 aromatic heterocycles. The normalized spacial score (nSPS) is 27.4. The molecular formula is C13H29N3O. The van der Waals surface area contributed by atoms with E-state index in [1.807, 2.05) is 7.05 Å². The zero-order chi connectivity index (χ0) is 13.1. The molecule has 1 fully saturated rings. The maximum atomic E-state index is 9.43. The number of nitrogens with one attached hydrogen (secondary N) is 1. The molecule has 0 spiro atoms. The number of aliphatic hydroxyl groups is 1. The molecule has 3 unspecified atom stereocenters. The average Bonchev–Trinajstić information content (AvgIpc) is 2.78. The second-order valence-electron chi connectivity index (χ2n) is 5.92. The molecule has 1 saturated heterocycles. The number of hydrogen-bond donors (Lipinski definition) is 2. The summed E-state index contributed by atoms with van der Waals surface area (Å²) in [5.74, 6) is 0. The standard InChI is InChI=1S/C13H29N3O/c1-11(8-13(2,10-17)14-3)16-7-6-12(9-16)15(4)5/h11-12,14,17H,6-10H2,1-5H3. The summed E-state index contributed by atoms with van der Waals surface area (Å²) in [5, 5.41) is 12.7. The smallest absolute Gasteiger partial charge is 0.0611 e. The summed E-state index contributed by atoms with van der Waals surface area (Å²) in [4.78, 5) is 4.85. The van der Waals surface area contributed by atoms with Crippen LogP contribution < -0.4 is 5.32 Å². The number of rotatable bonds is 6. The SMILES string of the molecule is CNC(C)(CO)CC(C)N1CCC(N(C)C)C1. The lowest BCUT2D eigenvalue weighted by Crippen LogP contribution is -2.49. The molecule has 1 rings (SSSR count). The second-order valence-corrected chi connectivity index (χ2v) is 5.92. The Hall–Kier alpha value is -0.160. The van der Waals surface area contributed by atoms with E-state index in [2.05, 4.69) is 43.1 Å². The van der Waals surface area contributed by atoms with Crippen LogP contribution in [0, 0.1) is 0 Å². The van der Waals surface area contributed by atoms with Gasteiger partial charge in [-0.1, -0.05) is 0 Å². The molecule has 0 aliphatic carbocycles. The van der Waals surface area contributed by atoms with Crippen molar-refractivity contribution in [1.29, 1.82) is 0 Å². The van der Waals surface area contributed by atoms with Gasteiger partial charge in [-0.05, 0) is 47.8 Å². The van der Waals surface area contributed by atoms with Crippen LogP contribution in [0.5, 0.6) is 0 Å². The van der Waals surface area contributed by atoms with Gasteiger partial charge in [0, 0.05) is 30.7 Å². The predicted molar refractivity (Wildman–Crippen MR) is 72.3 cm³/mol. The first-order chi connectivity index (χ1) is 7.91. The molecule has 17 heavy (non-hydrogen) atoms. The Bertz CT molecular complexity index is 229. The van der Waals surface area contributed by atoms with Crippen molar-refractivity contribution in [3.63, 3.8) is 0 Å². The fourth-order valence-electron chi connectivity index (χ4n) is 2.62. The summed E-state index contributed by atoms with van der Waals surface area (Å²) in [5.41, 5.74) is -0.157. The molecule has 0 saturated carbocycles. The quantitative estimate of drug-likeness (QED) is 0.707. The van der Waals surface area contributed by atoms with E-state index in [0.717, 1.165) is 13.0 Å². The molecule has 2 N–H and O–H groups in total. The molecule has 4 heteroatoms. The van der Waals surface area contributed by atoms with Crippen molar-refractivity contribution in [2.24, 2.45) is 0 Å². The summed E-state index contributed by atoms with van der Waals surface area (Å²) in [6.07, 6.45) is 2.24. The molecule has 0 bridgehead atoms. The van der Waals surface area contributed by atoms with E-state index < -0.39 is 0 Å².